The fraction of sp³-hybridized carbons (Fsp3) is 0.750. The molecule has 0 unspecified atom stereocenters. The lowest BCUT2D eigenvalue weighted by molar-refractivity contribution is -0.120. The van der Waals surface area contributed by atoms with Crippen LogP contribution in [0.3, 0.4) is 0 Å². The van der Waals surface area contributed by atoms with Gasteiger partial charge in [-0.15, -0.1) is 10.2 Å². The summed E-state index contributed by atoms with van der Waals surface area (Å²) in [4.78, 5) is 12.1. The summed E-state index contributed by atoms with van der Waals surface area (Å²) in [5.74, 6) is 1.12. The van der Waals surface area contributed by atoms with Gasteiger partial charge in [0.2, 0.25) is 5.91 Å². The first-order valence-electron chi connectivity index (χ1n) is 6.62. The largest absolute Gasteiger partial charge is 0.352 e. The lowest BCUT2D eigenvalue weighted by Crippen LogP contribution is -2.37. The predicted octanol–water partition coefficient (Wildman–Crippen LogP) is 3.19. The minimum Gasteiger partial charge on any atom is -0.352 e. The number of thioether (sulfide) groups is 2. The minimum absolute atomic E-state index is 0.104. The van der Waals surface area contributed by atoms with Crippen LogP contribution in [0, 0.1) is 0 Å². The van der Waals surface area contributed by atoms with Gasteiger partial charge in [-0.25, -0.2) is 0 Å². The molecule has 1 heterocycles. The monoisotopic (exact) mass is 317 g/mol. The molecule has 1 aliphatic carbocycles. The molecule has 1 saturated carbocycles. The van der Waals surface area contributed by atoms with Gasteiger partial charge in [0.25, 0.3) is 0 Å². The Labute approximate surface area is 126 Å². The summed E-state index contributed by atoms with van der Waals surface area (Å²) in [6.45, 7) is 4.03. The van der Waals surface area contributed by atoms with E-state index in [1.807, 2.05) is 6.92 Å². The van der Waals surface area contributed by atoms with Crippen LogP contribution in [0.15, 0.2) is 8.68 Å². The second-order valence-electron chi connectivity index (χ2n) is 4.52. The van der Waals surface area contributed by atoms with Crippen LogP contribution in [0.4, 0.5) is 0 Å². The van der Waals surface area contributed by atoms with Crippen LogP contribution < -0.4 is 5.32 Å². The van der Waals surface area contributed by atoms with Crippen molar-refractivity contribution < 1.29 is 4.79 Å². The quantitative estimate of drug-likeness (QED) is 0.817. The van der Waals surface area contributed by atoms with Crippen molar-refractivity contribution in [3.8, 4) is 0 Å². The molecule has 7 heteroatoms. The first kappa shape index (κ1) is 15.1. The fourth-order valence-electron chi connectivity index (χ4n) is 2.02. The molecule has 0 radical (unpaired) electrons. The second-order valence-corrected chi connectivity index (χ2v) is 8.59. The number of carbonyl (C=O) groups excluding carboxylic acids is 1. The van der Waals surface area contributed by atoms with Crippen LogP contribution in [0.1, 0.15) is 39.5 Å². The van der Waals surface area contributed by atoms with E-state index in [1.54, 1.807) is 23.1 Å². The van der Waals surface area contributed by atoms with Crippen LogP contribution in [-0.4, -0.2) is 33.1 Å². The van der Waals surface area contributed by atoms with E-state index < -0.39 is 0 Å². The third-order valence-corrected chi connectivity index (χ3v) is 6.13. The maximum absolute atomic E-state index is 12.1. The van der Waals surface area contributed by atoms with Gasteiger partial charge in [-0.1, -0.05) is 54.6 Å². The van der Waals surface area contributed by atoms with Gasteiger partial charge in [-0.05, 0) is 25.5 Å². The molecule has 1 amide bonds. The molecule has 0 bridgehead atoms. The van der Waals surface area contributed by atoms with Crippen molar-refractivity contribution in [3.63, 3.8) is 0 Å². The molecule has 0 saturated heterocycles. The Balaban J connectivity index is 1.81. The highest BCUT2D eigenvalue weighted by Crippen LogP contribution is 2.31. The van der Waals surface area contributed by atoms with Crippen molar-refractivity contribution in [2.24, 2.45) is 0 Å². The highest BCUT2D eigenvalue weighted by molar-refractivity contribution is 8.03. The zero-order valence-electron chi connectivity index (χ0n) is 11.2. The van der Waals surface area contributed by atoms with Gasteiger partial charge in [0.05, 0.1) is 5.25 Å². The third kappa shape index (κ3) is 4.65. The van der Waals surface area contributed by atoms with Gasteiger partial charge in [-0.2, -0.15) is 0 Å². The zero-order valence-corrected chi connectivity index (χ0v) is 13.7. The maximum atomic E-state index is 12.1. The van der Waals surface area contributed by atoms with Crippen LogP contribution in [0.25, 0.3) is 0 Å². The Bertz CT molecular complexity index is 418. The molecule has 0 aliphatic heterocycles. The Kier molecular flexibility index (Phi) is 5.97. The van der Waals surface area contributed by atoms with E-state index in [9.17, 15) is 4.79 Å². The number of hydrogen-bond donors (Lipinski definition) is 1. The van der Waals surface area contributed by atoms with Crippen molar-refractivity contribution in [1.82, 2.24) is 15.5 Å². The number of nitrogens with one attached hydrogen (secondary N) is 1. The van der Waals surface area contributed by atoms with Crippen LogP contribution in [0.2, 0.25) is 0 Å². The summed E-state index contributed by atoms with van der Waals surface area (Å²) in [5, 5.41) is 11.2. The summed E-state index contributed by atoms with van der Waals surface area (Å²) in [7, 11) is 0. The summed E-state index contributed by atoms with van der Waals surface area (Å²) in [6, 6.07) is 0.385. The predicted molar refractivity (Wildman–Crippen MR) is 82.0 cm³/mol. The number of nitrogens with zero attached hydrogens (tertiary/aromatic N) is 2. The molecule has 1 aromatic rings. The molecule has 1 atom stereocenters. The Morgan fingerprint density at radius 2 is 2.11 bits per heavy atom. The van der Waals surface area contributed by atoms with Crippen LogP contribution in [0.5, 0.6) is 0 Å². The molecular formula is C12H19N3OS3. The lowest BCUT2D eigenvalue weighted by atomic mass is 10.2. The van der Waals surface area contributed by atoms with E-state index in [1.165, 1.54) is 24.6 Å². The molecule has 2 rings (SSSR count). The van der Waals surface area contributed by atoms with E-state index >= 15 is 0 Å². The van der Waals surface area contributed by atoms with Gasteiger partial charge in [0, 0.05) is 6.04 Å². The van der Waals surface area contributed by atoms with Gasteiger partial charge < -0.3 is 5.32 Å². The Morgan fingerprint density at radius 3 is 2.79 bits per heavy atom. The topological polar surface area (TPSA) is 54.9 Å². The Morgan fingerprint density at radius 1 is 1.42 bits per heavy atom. The molecule has 1 fully saturated rings. The van der Waals surface area contributed by atoms with Crippen molar-refractivity contribution in [1.29, 1.82) is 0 Å². The molecule has 19 heavy (non-hydrogen) atoms. The molecular weight excluding hydrogens is 298 g/mol. The highest BCUT2D eigenvalue weighted by Gasteiger charge is 2.22. The molecule has 106 valence electrons. The summed E-state index contributed by atoms with van der Waals surface area (Å²) >= 11 is 4.76. The average molecular weight is 318 g/mol. The number of rotatable bonds is 6. The van der Waals surface area contributed by atoms with Gasteiger partial charge in [-0.3, -0.25) is 4.79 Å². The normalized spacial score (nSPS) is 17.6. The van der Waals surface area contributed by atoms with Crippen LogP contribution in [-0.2, 0) is 4.79 Å². The van der Waals surface area contributed by atoms with Crippen molar-refractivity contribution >= 4 is 40.8 Å². The molecule has 0 aromatic carbocycles. The zero-order chi connectivity index (χ0) is 13.7. The van der Waals surface area contributed by atoms with Crippen molar-refractivity contribution in [2.75, 3.05) is 5.75 Å². The molecule has 1 N–H and O–H groups in total. The van der Waals surface area contributed by atoms with E-state index in [-0.39, 0.29) is 11.2 Å². The molecule has 0 spiro atoms. The summed E-state index contributed by atoms with van der Waals surface area (Å²) in [5.41, 5.74) is 0. The van der Waals surface area contributed by atoms with E-state index in [4.69, 9.17) is 0 Å². The summed E-state index contributed by atoms with van der Waals surface area (Å²) < 4.78 is 1.86. The van der Waals surface area contributed by atoms with Crippen LogP contribution >= 0.6 is 34.9 Å². The second kappa shape index (κ2) is 7.50. The van der Waals surface area contributed by atoms with Gasteiger partial charge in [0.1, 0.15) is 0 Å². The fourth-order valence-corrected chi connectivity index (χ4v) is 5.09. The van der Waals surface area contributed by atoms with E-state index in [0.717, 1.165) is 27.3 Å². The molecule has 1 aliphatic rings. The SMILES string of the molecule is CCSc1nnc(S[C@@H](C)C(=O)NC2CCCC2)s1. The third-order valence-electron chi connectivity index (χ3n) is 3.00. The number of aromatic nitrogens is 2. The standard InChI is InChI=1S/C12H19N3OS3/c1-3-17-11-14-15-12(19-11)18-8(2)10(16)13-9-6-4-5-7-9/h8-9H,3-7H2,1-2H3,(H,13,16)/t8-/m0/s1. The van der Waals surface area contributed by atoms with E-state index in [2.05, 4.69) is 22.4 Å². The first-order chi connectivity index (χ1) is 9.19. The van der Waals surface area contributed by atoms with E-state index in [0.29, 0.717) is 6.04 Å². The van der Waals surface area contributed by atoms with Gasteiger partial charge in [0.15, 0.2) is 8.68 Å². The average Bonchev–Trinajstić information content (AvgIpc) is 3.02. The Hall–Kier alpha value is -0.270. The summed E-state index contributed by atoms with van der Waals surface area (Å²) in [6.07, 6.45) is 4.72. The number of amides is 1. The molecule has 4 nitrogen and oxygen atoms in total. The smallest absolute Gasteiger partial charge is 0.233 e. The van der Waals surface area contributed by atoms with Crippen molar-refractivity contribution in [2.45, 2.75) is 59.5 Å². The number of hydrogen-bond acceptors (Lipinski definition) is 6. The minimum atomic E-state index is -0.104. The highest BCUT2D eigenvalue weighted by atomic mass is 32.2. The first-order valence-corrected chi connectivity index (χ1v) is 9.30. The van der Waals surface area contributed by atoms with Gasteiger partial charge >= 0.3 is 0 Å². The lowest BCUT2D eigenvalue weighted by Gasteiger charge is -2.15. The molecule has 1 aromatic heterocycles. The van der Waals surface area contributed by atoms with Crippen molar-refractivity contribution in [3.05, 3.63) is 0 Å². The maximum Gasteiger partial charge on any atom is 0.233 e. The number of carbonyl (C=O) groups is 1.